The molecule has 0 aromatic heterocycles. The average Bonchev–Trinajstić information content (AvgIpc) is 2.14. The summed E-state index contributed by atoms with van der Waals surface area (Å²) in [6.45, 7) is 6.27. The van der Waals surface area contributed by atoms with E-state index in [4.69, 9.17) is 2.81 Å². The first kappa shape index (κ1) is 14.6. The molecule has 0 unspecified atom stereocenters. The summed E-state index contributed by atoms with van der Waals surface area (Å²) in [5.41, 5.74) is 0. The van der Waals surface area contributed by atoms with Crippen LogP contribution in [0.2, 0.25) is 0 Å². The van der Waals surface area contributed by atoms with Crippen molar-refractivity contribution in [2.45, 2.75) is 19.8 Å². The second-order valence-corrected chi connectivity index (χ2v) is 2.64. The van der Waals surface area contributed by atoms with Crippen molar-refractivity contribution in [3.05, 3.63) is 12.7 Å². The molecule has 12 heavy (non-hydrogen) atoms. The van der Waals surface area contributed by atoms with Gasteiger partial charge in [0.05, 0.1) is 7.11 Å². The number of hydrogen-bond acceptors (Lipinski definition) is 3. The van der Waals surface area contributed by atoms with Crippen molar-refractivity contribution in [1.82, 2.24) is 0 Å². The van der Waals surface area contributed by atoms with Gasteiger partial charge in [0.1, 0.15) is 0 Å². The molecule has 0 aliphatic rings. The van der Waals surface area contributed by atoms with Crippen molar-refractivity contribution < 1.29 is 37.5 Å². The van der Waals surface area contributed by atoms with Crippen molar-refractivity contribution in [2.75, 3.05) is 13.7 Å². The molecule has 3 nitrogen and oxygen atoms in total. The van der Waals surface area contributed by atoms with E-state index >= 15 is 0 Å². The molecule has 0 N–H and O–H groups in total. The van der Waals surface area contributed by atoms with Crippen LogP contribution < -0.4 is 0 Å². The van der Waals surface area contributed by atoms with E-state index in [2.05, 4.69) is 18.2 Å². The van der Waals surface area contributed by atoms with Crippen molar-refractivity contribution in [1.29, 1.82) is 0 Å². The molecule has 0 aliphatic heterocycles. The number of carbonyl (C=O) groups is 1. The molecule has 0 aliphatic carbocycles. The summed E-state index contributed by atoms with van der Waals surface area (Å²) < 4.78 is 9.01. The van der Waals surface area contributed by atoms with Crippen LogP contribution in [0.1, 0.15) is 19.8 Å². The molecule has 0 rings (SSSR count). The van der Waals surface area contributed by atoms with Crippen molar-refractivity contribution >= 4 is 5.97 Å². The number of methoxy groups -OCH3 is 1. The van der Waals surface area contributed by atoms with Crippen molar-refractivity contribution in [3.63, 3.8) is 0 Å². The molecule has 0 radical (unpaired) electrons. The molecule has 4 heteroatoms. The Morgan fingerprint density at radius 2 is 2.25 bits per heavy atom. The predicted octanol–water partition coefficient (Wildman–Crippen LogP) is 1.61. The van der Waals surface area contributed by atoms with Gasteiger partial charge in [0.25, 0.3) is 0 Å². The maximum atomic E-state index is 9.84. The van der Waals surface area contributed by atoms with Gasteiger partial charge in [0, 0.05) is 6.08 Å². The summed E-state index contributed by atoms with van der Waals surface area (Å²) in [6, 6.07) is 0. The Kier molecular flexibility index (Phi) is 16.5. The fourth-order valence-electron chi connectivity index (χ4n) is 0.300. The number of ether oxygens (including phenoxy) is 1. The topological polar surface area (TPSA) is 35.5 Å². The van der Waals surface area contributed by atoms with Gasteiger partial charge in [-0.3, -0.25) is 0 Å². The van der Waals surface area contributed by atoms with Gasteiger partial charge in [-0.25, -0.2) is 4.79 Å². The molecule has 0 aromatic rings. The number of hydrogen-bond donors (Lipinski definition) is 0. The van der Waals surface area contributed by atoms with E-state index < -0.39 is 5.97 Å². The first-order valence-electron chi connectivity index (χ1n) is 3.71. The fourth-order valence-corrected chi connectivity index (χ4v) is 0.655. The molecule has 0 fully saturated rings. The molecule has 0 spiro atoms. The third-order valence-electron chi connectivity index (χ3n) is 0.968. The molecular formula is C8H15O3Zr. The van der Waals surface area contributed by atoms with Crippen LogP contribution in [0.3, 0.4) is 0 Å². The summed E-state index contributed by atoms with van der Waals surface area (Å²) in [5, 5.41) is 0. The SMILES string of the molecule is C=CC(=O)OC.CCCC[O][Zr]. The van der Waals surface area contributed by atoms with Crippen LogP contribution in [0.5, 0.6) is 0 Å². The quantitative estimate of drug-likeness (QED) is 0.432. The molecule has 0 heterocycles. The summed E-state index contributed by atoms with van der Waals surface area (Å²) in [6.07, 6.45) is 3.57. The first-order valence-corrected chi connectivity index (χ1v) is 4.72. The van der Waals surface area contributed by atoms with Gasteiger partial charge >= 0.3 is 60.3 Å². The Morgan fingerprint density at radius 1 is 1.67 bits per heavy atom. The van der Waals surface area contributed by atoms with Crippen LogP contribution in [0.15, 0.2) is 12.7 Å². The van der Waals surface area contributed by atoms with Gasteiger partial charge < -0.3 is 4.74 Å². The van der Waals surface area contributed by atoms with Gasteiger partial charge in [-0.15, -0.1) is 0 Å². The van der Waals surface area contributed by atoms with Crippen molar-refractivity contribution in [3.8, 4) is 0 Å². The summed E-state index contributed by atoms with van der Waals surface area (Å²) in [4.78, 5) is 9.84. The third kappa shape index (κ3) is 16.6. The van der Waals surface area contributed by atoms with Gasteiger partial charge in [0.2, 0.25) is 0 Å². The van der Waals surface area contributed by atoms with E-state index in [0.29, 0.717) is 0 Å². The van der Waals surface area contributed by atoms with E-state index in [0.717, 1.165) is 12.7 Å². The average molecular weight is 250 g/mol. The molecule has 0 atom stereocenters. The molecule has 0 bridgehead atoms. The Bertz CT molecular complexity index is 111. The summed E-state index contributed by atoms with van der Waals surface area (Å²) in [7, 11) is 1.31. The van der Waals surface area contributed by atoms with Gasteiger partial charge in [-0.05, 0) is 0 Å². The normalized spacial score (nSPS) is 7.75. The van der Waals surface area contributed by atoms with E-state index in [9.17, 15) is 4.79 Å². The Morgan fingerprint density at radius 3 is 2.33 bits per heavy atom. The molecule has 69 valence electrons. The summed E-state index contributed by atoms with van der Waals surface area (Å²) >= 11 is 1.19. The Balaban J connectivity index is 0. The molecule has 0 amide bonds. The molecule has 0 saturated heterocycles. The maximum absolute atomic E-state index is 9.84. The van der Waals surface area contributed by atoms with Gasteiger partial charge in [-0.2, -0.15) is 0 Å². The van der Waals surface area contributed by atoms with Crippen LogP contribution in [0, 0.1) is 0 Å². The van der Waals surface area contributed by atoms with Crippen LogP contribution in [-0.2, 0) is 37.5 Å². The number of esters is 1. The van der Waals surface area contributed by atoms with Crippen LogP contribution in [-0.4, -0.2) is 19.7 Å². The third-order valence-corrected chi connectivity index (χ3v) is 1.47. The zero-order valence-electron chi connectivity index (χ0n) is 7.63. The van der Waals surface area contributed by atoms with Crippen LogP contribution in [0.4, 0.5) is 0 Å². The second-order valence-electron chi connectivity index (χ2n) is 1.93. The van der Waals surface area contributed by atoms with E-state index in [1.54, 1.807) is 0 Å². The molecular weight excluding hydrogens is 235 g/mol. The molecule has 0 saturated carbocycles. The van der Waals surface area contributed by atoms with E-state index in [1.165, 1.54) is 45.1 Å². The zero-order chi connectivity index (χ0) is 9.82. The van der Waals surface area contributed by atoms with E-state index in [1.807, 2.05) is 0 Å². The van der Waals surface area contributed by atoms with Crippen molar-refractivity contribution in [2.24, 2.45) is 0 Å². The minimum atomic E-state index is -0.394. The monoisotopic (exact) mass is 249 g/mol. The van der Waals surface area contributed by atoms with Gasteiger partial charge in [0.15, 0.2) is 0 Å². The number of unbranched alkanes of at least 4 members (excludes halogenated alkanes) is 1. The predicted molar refractivity (Wildman–Crippen MR) is 43.1 cm³/mol. The van der Waals surface area contributed by atoms with Crippen LogP contribution in [0.25, 0.3) is 0 Å². The zero-order valence-corrected chi connectivity index (χ0v) is 10.1. The fraction of sp³-hybridized carbons (Fsp3) is 0.625. The number of carbonyl (C=O) groups excluding carboxylic acids is 1. The number of rotatable bonds is 4. The Labute approximate surface area is 89.6 Å². The summed E-state index contributed by atoms with van der Waals surface area (Å²) in [5.74, 6) is -0.394. The van der Waals surface area contributed by atoms with E-state index in [-0.39, 0.29) is 0 Å². The van der Waals surface area contributed by atoms with Crippen LogP contribution >= 0.6 is 0 Å². The standard InChI is InChI=1S/C4H6O2.C4H9O.Zr/c1-3-4(5)6-2;1-2-3-4-5;/h3H,1H2,2H3;2-4H2,1H3;/q;-1;+1. The first-order chi connectivity index (χ1) is 5.72. The second kappa shape index (κ2) is 13.6. The minimum absolute atomic E-state index is 0.394. The molecule has 0 aromatic carbocycles. The van der Waals surface area contributed by atoms with Gasteiger partial charge in [-0.1, -0.05) is 6.58 Å². The Hall–Kier alpha value is 0.0531.